The highest BCUT2D eigenvalue weighted by Gasteiger charge is 2.20. The van der Waals surface area contributed by atoms with Crippen molar-refractivity contribution in [2.45, 2.75) is 19.5 Å². The molecule has 0 radical (unpaired) electrons. The summed E-state index contributed by atoms with van der Waals surface area (Å²) in [6.07, 6.45) is 0. The van der Waals surface area contributed by atoms with Gasteiger partial charge < -0.3 is 5.32 Å². The molecule has 88 valence electrons. The Balaban J connectivity index is 2.13. The fourth-order valence-electron chi connectivity index (χ4n) is 2.00. The van der Waals surface area contributed by atoms with Crippen molar-refractivity contribution in [1.29, 1.82) is 0 Å². The highest BCUT2D eigenvalue weighted by Crippen LogP contribution is 2.21. The van der Waals surface area contributed by atoms with Gasteiger partial charge in [0, 0.05) is 42.8 Å². The number of piperazine rings is 1. The molecule has 0 aliphatic carbocycles. The molecule has 4 heteroatoms. The van der Waals surface area contributed by atoms with E-state index in [9.17, 15) is 4.39 Å². The van der Waals surface area contributed by atoms with Gasteiger partial charge in [-0.15, -0.1) is 0 Å². The molecule has 1 atom stereocenters. The van der Waals surface area contributed by atoms with Crippen LogP contribution in [0, 0.1) is 5.82 Å². The van der Waals surface area contributed by atoms with Crippen molar-refractivity contribution in [2.24, 2.45) is 0 Å². The Hall–Kier alpha value is -0.640. The maximum Gasteiger partial charge on any atom is 0.129 e. The molecule has 2 nitrogen and oxygen atoms in total. The number of hydrogen-bond donors (Lipinski definition) is 1. The lowest BCUT2D eigenvalue weighted by molar-refractivity contribution is 0.164. The molecule has 1 aliphatic rings. The van der Waals surface area contributed by atoms with Gasteiger partial charge >= 0.3 is 0 Å². The number of nitrogens with zero attached hydrogens (tertiary/aromatic N) is 1. The Kier molecular flexibility index (Phi) is 3.79. The minimum absolute atomic E-state index is 0.210. The summed E-state index contributed by atoms with van der Waals surface area (Å²) in [5.74, 6) is -0.210. The van der Waals surface area contributed by atoms with Crippen molar-refractivity contribution in [1.82, 2.24) is 10.2 Å². The zero-order valence-corrected chi connectivity index (χ0v) is 10.1. The second-order valence-electron chi connectivity index (χ2n) is 4.22. The number of nitrogens with one attached hydrogen (secondary N) is 1. The fourth-order valence-corrected chi connectivity index (χ4v) is 2.23. The Morgan fingerprint density at radius 3 is 3.06 bits per heavy atom. The maximum absolute atomic E-state index is 13.6. The van der Waals surface area contributed by atoms with Gasteiger partial charge in [-0.3, -0.25) is 4.90 Å². The number of benzene rings is 1. The highest BCUT2D eigenvalue weighted by molar-refractivity contribution is 6.31. The standard InChI is InChI=1S/C12H16ClFN2/c1-9-7-15-5-6-16(9)8-10-11(13)3-2-4-12(10)14/h2-4,9,15H,5-8H2,1H3/t9-/m0/s1. The van der Waals surface area contributed by atoms with Crippen molar-refractivity contribution >= 4 is 11.6 Å². The molecule has 1 N–H and O–H groups in total. The van der Waals surface area contributed by atoms with Crippen molar-refractivity contribution in [3.8, 4) is 0 Å². The van der Waals surface area contributed by atoms with Gasteiger partial charge in [0.2, 0.25) is 0 Å². The van der Waals surface area contributed by atoms with Crippen LogP contribution in [0.15, 0.2) is 18.2 Å². The predicted molar refractivity (Wildman–Crippen MR) is 64.2 cm³/mol. The van der Waals surface area contributed by atoms with Crippen LogP contribution in [-0.2, 0) is 6.54 Å². The molecule has 0 saturated carbocycles. The lowest BCUT2D eigenvalue weighted by Crippen LogP contribution is -2.49. The first-order chi connectivity index (χ1) is 7.68. The minimum atomic E-state index is -0.210. The van der Waals surface area contributed by atoms with Gasteiger partial charge in [0.1, 0.15) is 5.82 Å². The monoisotopic (exact) mass is 242 g/mol. The van der Waals surface area contributed by atoms with Gasteiger partial charge in [0.25, 0.3) is 0 Å². The van der Waals surface area contributed by atoms with Crippen LogP contribution in [0.2, 0.25) is 5.02 Å². The lowest BCUT2D eigenvalue weighted by atomic mass is 10.1. The summed E-state index contributed by atoms with van der Waals surface area (Å²) < 4.78 is 13.6. The third-order valence-electron chi connectivity index (χ3n) is 3.06. The Morgan fingerprint density at radius 2 is 2.38 bits per heavy atom. The first-order valence-corrected chi connectivity index (χ1v) is 5.94. The van der Waals surface area contributed by atoms with Gasteiger partial charge in [-0.25, -0.2) is 4.39 Å². The van der Waals surface area contributed by atoms with E-state index in [1.807, 2.05) is 0 Å². The minimum Gasteiger partial charge on any atom is -0.314 e. The highest BCUT2D eigenvalue weighted by atomic mass is 35.5. The van der Waals surface area contributed by atoms with Gasteiger partial charge in [-0.2, -0.15) is 0 Å². The average molecular weight is 243 g/mol. The second kappa shape index (κ2) is 5.13. The van der Waals surface area contributed by atoms with Crippen LogP contribution >= 0.6 is 11.6 Å². The van der Waals surface area contributed by atoms with Crippen LogP contribution in [-0.4, -0.2) is 30.6 Å². The third-order valence-corrected chi connectivity index (χ3v) is 3.42. The molecule has 0 aromatic heterocycles. The van der Waals surface area contributed by atoms with Crippen LogP contribution in [0.25, 0.3) is 0 Å². The summed E-state index contributed by atoms with van der Waals surface area (Å²) in [7, 11) is 0. The number of halogens is 2. The Bertz CT molecular complexity index is 350. The first-order valence-electron chi connectivity index (χ1n) is 5.56. The zero-order chi connectivity index (χ0) is 11.5. The predicted octanol–water partition coefficient (Wildman–Crippen LogP) is 2.27. The van der Waals surface area contributed by atoms with Crippen LogP contribution in [0.4, 0.5) is 4.39 Å². The van der Waals surface area contributed by atoms with Crippen molar-refractivity contribution < 1.29 is 4.39 Å². The van der Waals surface area contributed by atoms with Gasteiger partial charge in [-0.05, 0) is 19.1 Å². The lowest BCUT2D eigenvalue weighted by Gasteiger charge is -2.34. The van der Waals surface area contributed by atoms with E-state index in [1.165, 1.54) is 6.07 Å². The molecule has 1 heterocycles. The molecule has 1 fully saturated rings. The molecule has 1 aromatic rings. The van der Waals surface area contributed by atoms with Gasteiger partial charge in [0.15, 0.2) is 0 Å². The van der Waals surface area contributed by atoms with Crippen LogP contribution in [0.5, 0.6) is 0 Å². The Labute approximate surface area is 100 Å². The number of hydrogen-bond acceptors (Lipinski definition) is 2. The van der Waals surface area contributed by atoms with E-state index in [2.05, 4.69) is 17.1 Å². The molecule has 2 rings (SSSR count). The summed E-state index contributed by atoms with van der Waals surface area (Å²) in [6.45, 7) is 5.57. The first kappa shape index (κ1) is 11.8. The zero-order valence-electron chi connectivity index (χ0n) is 9.34. The molecule has 0 spiro atoms. The molecule has 16 heavy (non-hydrogen) atoms. The van der Waals surface area contributed by atoms with Crippen LogP contribution < -0.4 is 5.32 Å². The quantitative estimate of drug-likeness (QED) is 0.856. The van der Waals surface area contributed by atoms with E-state index in [1.54, 1.807) is 12.1 Å². The smallest absolute Gasteiger partial charge is 0.129 e. The molecule has 1 aliphatic heterocycles. The van der Waals surface area contributed by atoms with Crippen molar-refractivity contribution in [2.75, 3.05) is 19.6 Å². The second-order valence-corrected chi connectivity index (χ2v) is 4.63. The molecule has 0 unspecified atom stereocenters. The molecule has 0 amide bonds. The van der Waals surface area contributed by atoms with Crippen molar-refractivity contribution in [3.63, 3.8) is 0 Å². The van der Waals surface area contributed by atoms with E-state index in [0.29, 0.717) is 23.2 Å². The summed E-state index contributed by atoms with van der Waals surface area (Å²) in [5, 5.41) is 3.83. The van der Waals surface area contributed by atoms with Gasteiger partial charge in [-0.1, -0.05) is 17.7 Å². The number of rotatable bonds is 2. The fraction of sp³-hybridized carbons (Fsp3) is 0.500. The summed E-state index contributed by atoms with van der Waals surface area (Å²) in [5.41, 5.74) is 0.609. The summed E-state index contributed by atoms with van der Waals surface area (Å²) in [4.78, 5) is 2.25. The average Bonchev–Trinajstić information content (AvgIpc) is 2.26. The van der Waals surface area contributed by atoms with E-state index < -0.39 is 0 Å². The van der Waals surface area contributed by atoms with Crippen molar-refractivity contribution in [3.05, 3.63) is 34.6 Å². The Morgan fingerprint density at radius 1 is 1.56 bits per heavy atom. The van der Waals surface area contributed by atoms with E-state index >= 15 is 0 Å². The molecular weight excluding hydrogens is 227 g/mol. The van der Waals surface area contributed by atoms with Crippen LogP contribution in [0.3, 0.4) is 0 Å². The molecule has 0 bridgehead atoms. The molecular formula is C12H16ClFN2. The maximum atomic E-state index is 13.6. The SMILES string of the molecule is C[C@H]1CNCCN1Cc1c(F)cccc1Cl. The normalized spacial score (nSPS) is 22.3. The van der Waals surface area contributed by atoms with E-state index in [0.717, 1.165) is 19.6 Å². The molecule has 1 saturated heterocycles. The third kappa shape index (κ3) is 2.54. The topological polar surface area (TPSA) is 15.3 Å². The van der Waals surface area contributed by atoms with E-state index in [-0.39, 0.29) is 5.82 Å². The largest absolute Gasteiger partial charge is 0.314 e. The molecule has 1 aromatic carbocycles. The summed E-state index contributed by atoms with van der Waals surface area (Å²) in [6, 6.07) is 5.27. The van der Waals surface area contributed by atoms with Crippen LogP contribution in [0.1, 0.15) is 12.5 Å². The van der Waals surface area contributed by atoms with Gasteiger partial charge in [0.05, 0.1) is 0 Å². The summed E-state index contributed by atoms with van der Waals surface area (Å²) >= 11 is 6.01. The van der Waals surface area contributed by atoms with E-state index in [4.69, 9.17) is 11.6 Å².